The van der Waals surface area contributed by atoms with Gasteiger partial charge in [0.25, 0.3) is 0 Å². The van der Waals surface area contributed by atoms with Gasteiger partial charge in [0.2, 0.25) is 0 Å². The first-order chi connectivity index (χ1) is 8.75. The van der Waals surface area contributed by atoms with Crippen molar-refractivity contribution in [2.24, 2.45) is 0 Å². The highest BCUT2D eigenvalue weighted by atomic mass is 19.1. The second kappa shape index (κ2) is 5.78. The molecule has 1 aromatic rings. The van der Waals surface area contributed by atoms with Gasteiger partial charge in [-0.15, -0.1) is 0 Å². The van der Waals surface area contributed by atoms with Crippen molar-refractivity contribution >= 4 is 17.3 Å². The van der Waals surface area contributed by atoms with Crippen molar-refractivity contribution in [2.75, 3.05) is 14.1 Å². The first-order valence-electron chi connectivity index (χ1n) is 5.95. The van der Waals surface area contributed by atoms with E-state index in [1.54, 1.807) is 25.1 Å². The van der Waals surface area contributed by atoms with Crippen molar-refractivity contribution in [1.82, 2.24) is 4.90 Å². The van der Waals surface area contributed by atoms with Crippen LogP contribution in [-0.2, 0) is 9.59 Å². The second-order valence-electron chi connectivity index (χ2n) is 4.69. The van der Waals surface area contributed by atoms with E-state index in [1.807, 2.05) is 6.92 Å². The van der Waals surface area contributed by atoms with Crippen LogP contribution in [0.2, 0.25) is 0 Å². The third kappa shape index (κ3) is 3.28. The number of carbonyl (C=O) groups excluding carboxylic acids is 2. The van der Waals surface area contributed by atoms with Crippen molar-refractivity contribution in [1.29, 1.82) is 0 Å². The van der Waals surface area contributed by atoms with Crippen molar-refractivity contribution in [2.45, 2.75) is 20.8 Å². The van der Waals surface area contributed by atoms with Gasteiger partial charge < -0.3 is 4.90 Å². The standard InChI is InChI=1S/C15H18FNO2/c1-9-6-7-12(16)8-13(9)15(17(4)5)14(10(2)18)11(3)19/h6-8H,1-5H3. The Labute approximate surface area is 112 Å². The van der Waals surface area contributed by atoms with Crippen LogP contribution in [0.5, 0.6) is 0 Å². The molecule has 19 heavy (non-hydrogen) atoms. The third-order valence-corrected chi connectivity index (χ3v) is 2.84. The first kappa shape index (κ1) is 15.1. The molecular formula is C15H18FNO2. The van der Waals surface area contributed by atoms with E-state index in [-0.39, 0.29) is 17.1 Å². The minimum Gasteiger partial charge on any atom is -0.376 e. The average molecular weight is 263 g/mol. The average Bonchev–Trinajstić information content (AvgIpc) is 2.27. The van der Waals surface area contributed by atoms with E-state index in [4.69, 9.17) is 0 Å². The van der Waals surface area contributed by atoms with Crippen LogP contribution in [0.3, 0.4) is 0 Å². The molecule has 0 atom stereocenters. The molecule has 0 saturated heterocycles. The summed E-state index contributed by atoms with van der Waals surface area (Å²) in [6, 6.07) is 4.33. The van der Waals surface area contributed by atoms with E-state index in [0.717, 1.165) is 5.56 Å². The van der Waals surface area contributed by atoms with Gasteiger partial charge in [0, 0.05) is 19.7 Å². The lowest BCUT2D eigenvalue weighted by Gasteiger charge is -2.22. The Morgan fingerprint density at radius 2 is 1.63 bits per heavy atom. The topological polar surface area (TPSA) is 37.4 Å². The summed E-state index contributed by atoms with van der Waals surface area (Å²) in [6.07, 6.45) is 0. The van der Waals surface area contributed by atoms with Crippen LogP contribution in [0.15, 0.2) is 23.8 Å². The quantitative estimate of drug-likeness (QED) is 0.476. The summed E-state index contributed by atoms with van der Waals surface area (Å²) >= 11 is 0. The van der Waals surface area contributed by atoms with Crippen LogP contribution in [-0.4, -0.2) is 30.6 Å². The molecule has 0 heterocycles. The summed E-state index contributed by atoms with van der Waals surface area (Å²) in [5.41, 5.74) is 1.92. The number of hydrogen-bond acceptors (Lipinski definition) is 3. The molecule has 0 unspecified atom stereocenters. The summed E-state index contributed by atoms with van der Waals surface area (Å²) in [7, 11) is 3.46. The van der Waals surface area contributed by atoms with E-state index in [9.17, 15) is 14.0 Å². The third-order valence-electron chi connectivity index (χ3n) is 2.84. The Morgan fingerprint density at radius 3 is 2.05 bits per heavy atom. The number of hydrogen-bond donors (Lipinski definition) is 0. The number of halogens is 1. The maximum absolute atomic E-state index is 13.4. The Kier molecular flexibility index (Phi) is 4.59. The molecule has 3 nitrogen and oxygen atoms in total. The fourth-order valence-electron chi connectivity index (χ4n) is 2.03. The van der Waals surface area contributed by atoms with Crippen LogP contribution < -0.4 is 0 Å². The molecule has 0 spiro atoms. The van der Waals surface area contributed by atoms with Crippen molar-refractivity contribution in [3.63, 3.8) is 0 Å². The molecule has 1 aromatic carbocycles. The highest BCUT2D eigenvalue weighted by Gasteiger charge is 2.21. The van der Waals surface area contributed by atoms with Gasteiger partial charge >= 0.3 is 0 Å². The fraction of sp³-hybridized carbons (Fsp3) is 0.333. The normalized spacial score (nSPS) is 10.0. The molecule has 0 aromatic heterocycles. The maximum Gasteiger partial charge on any atom is 0.165 e. The van der Waals surface area contributed by atoms with Crippen LogP contribution in [0.4, 0.5) is 4.39 Å². The summed E-state index contributed by atoms with van der Waals surface area (Å²) in [5, 5.41) is 0. The minimum atomic E-state index is -0.397. The summed E-state index contributed by atoms with van der Waals surface area (Å²) in [4.78, 5) is 25.1. The predicted octanol–water partition coefficient (Wildman–Crippen LogP) is 2.58. The number of aryl methyl sites for hydroxylation is 1. The number of nitrogens with zero attached hydrogens (tertiary/aromatic N) is 1. The zero-order valence-corrected chi connectivity index (χ0v) is 11.9. The van der Waals surface area contributed by atoms with Crippen LogP contribution >= 0.6 is 0 Å². The zero-order valence-electron chi connectivity index (χ0n) is 11.9. The van der Waals surface area contributed by atoms with Crippen molar-refractivity contribution in [3.8, 4) is 0 Å². The van der Waals surface area contributed by atoms with E-state index < -0.39 is 5.82 Å². The van der Waals surface area contributed by atoms with Gasteiger partial charge in [-0.25, -0.2) is 4.39 Å². The molecule has 0 N–H and O–H groups in total. The Hall–Kier alpha value is -1.97. The molecule has 0 aliphatic heterocycles. The molecule has 0 saturated carbocycles. The van der Waals surface area contributed by atoms with E-state index >= 15 is 0 Å². The Bertz CT molecular complexity index is 543. The number of rotatable bonds is 4. The molecule has 0 aliphatic carbocycles. The summed E-state index contributed by atoms with van der Waals surface area (Å²) in [6.45, 7) is 4.50. The lowest BCUT2D eigenvalue weighted by atomic mass is 9.96. The molecule has 0 aliphatic rings. The maximum atomic E-state index is 13.4. The minimum absolute atomic E-state index is 0.0960. The SMILES string of the molecule is CC(=O)C(C(C)=O)=C(c1cc(F)ccc1C)N(C)C. The predicted molar refractivity (Wildman–Crippen MR) is 73.1 cm³/mol. The summed E-state index contributed by atoms with van der Waals surface area (Å²) < 4.78 is 13.4. The second-order valence-corrected chi connectivity index (χ2v) is 4.69. The fourth-order valence-corrected chi connectivity index (χ4v) is 2.03. The lowest BCUT2D eigenvalue weighted by molar-refractivity contribution is -0.119. The molecule has 102 valence electrons. The number of Topliss-reactive ketones (excluding diaryl/α,β-unsaturated/α-hetero) is 2. The highest BCUT2D eigenvalue weighted by Crippen LogP contribution is 2.26. The molecule has 0 bridgehead atoms. The number of ketones is 2. The van der Waals surface area contributed by atoms with Gasteiger partial charge in [0.1, 0.15) is 5.82 Å². The van der Waals surface area contributed by atoms with Gasteiger partial charge in [-0.3, -0.25) is 9.59 Å². The highest BCUT2D eigenvalue weighted by molar-refractivity contribution is 6.23. The van der Waals surface area contributed by atoms with E-state index in [1.165, 1.54) is 26.0 Å². The van der Waals surface area contributed by atoms with Gasteiger partial charge in [0.05, 0.1) is 11.3 Å². The molecule has 0 amide bonds. The molecule has 4 heteroatoms. The monoisotopic (exact) mass is 263 g/mol. The van der Waals surface area contributed by atoms with E-state index in [0.29, 0.717) is 11.3 Å². The number of allylic oxidation sites excluding steroid dienone is 1. The van der Waals surface area contributed by atoms with Gasteiger partial charge in [-0.2, -0.15) is 0 Å². The zero-order chi connectivity index (χ0) is 14.7. The van der Waals surface area contributed by atoms with Crippen molar-refractivity contribution < 1.29 is 14.0 Å². The van der Waals surface area contributed by atoms with Crippen LogP contribution in [0, 0.1) is 12.7 Å². The van der Waals surface area contributed by atoms with E-state index in [2.05, 4.69) is 0 Å². The molecule has 0 radical (unpaired) electrons. The number of carbonyl (C=O) groups is 2. The van der Waals surface area contributed by atoms with Crippen molar-refractivity contribution in [3.05, 3.63) is 40.7 Å². The Morgan fingerprint density at radius 1 is 1.11 bits per heavy atom. The van der Waals surface area contributed by atoms with Gasteiger partial charge in [-0.05, 0) is 38.5 Å². The number of benzene rings is 1. The van der Waals surface area contributed by atoms with Crippen LogP contribution in [0.25, 0.3) is 5.70 Å². The largest absolute Gasteiger partial charge is 0.376 e. The molecule has 0 fully saturated rings. The lowest BCUT2D eigenvalue weighted by Crippen LogP contribution is -2.20. The Balaban J connectivity index is 3.69. The molecular weight excluding hydrogens is 245 g/mol. The smallest absolute Gasteiger partial charge is 0.165 e. The first-order valence-corrected chi connectivity index (χ1v) is 5.95. The van der Waals surface area contributed by atoms with Gasteiger partial charge in [-0.1, -0.05) is 6.07 Å². The van der Waals surface area contributed by atoms with Gasteiger partial charge in [0.15, 0.2) is 11.6 Å². The molecule has 1 rings (SSSR count). The summed E-state index contributed by atoms with van der Waals surface area (Å²) in [5.74, 6) is -1.04. The van der Waals surface area contributed by atoms with Crippen LogP contribution in [0.1, 0.15) is 25.0 Å².